The lowest BCUT2D eigenvalue weighted by Gasteiger charge is -2.16. The van der Waals surface area contributed by atoms with Crippen molar-refractivity contribution in [2.45, 2.75) is 26.0 Å². The number of rotatable bonds is 5. The number of hydrogen-bond donors (Lipinski definition) is 1. The monoisotopic (exact) mass is 358 g/mol. The molecule has 4 nitrogen and oxygen atoms in total. The van der Waals surface area contributed by atoms with E-state index in [1.807, 2.05) is 12.1 Å². The van der Waals surface area contributed by atoms with Gasteiger partial charge in [0.1, 0.15) is 11.8 Å². The van der Waals surface area contributed by atoms with Crippen LogP contribution in [0.1, 0.15) is 30.7 Å². The van der Waals surface area contributed by atoms with E-state index >= 15 is 0 Å². The molecule has 1 aromatic heterocycles. The van der Waals surface area contributed by atoms with Crippen molar-refractivity contribution in [2.75, 3.05) is 7.11 Å². The summed E-state index contributed by atoms with van der Waals surface area (Å²) in [4.78, 5) is 0. The van der Waals surface area contributed by atoms with Gasteiger partial charge in [-0.05, 0) is 28.4 Å². The Morgan fingerprint density at radius 2 is 2.25 bits per heavy atom. The van der Waals surface area contributed by atoms with Gasteiger partial charge in [0.15, 0.2) is 5.75 Å². The maximum atomic E-state index is 10.7. The third-order valence-electron chi connectivity index (χ3n) is 3.04. The predicted octanol–water partition coefficient (Wildman–Crippen LogP) is 3.80. The van der Waals surface area contributed by atoms with Crippen LogP contribution in [0.15, 0.2) is 28.9 Å². The van der Waals surface area contributed by atoms with Crippen LogP contribution >= 0.6 is 27.5 Å². The molecule has 0 radical (unpaired) electrons. The summed E-state index contributed by atoms with van der Waals surface area (Å²) < 4.78 is 7.78. The Labute approximate surface area is 131 Å². The van der Waals surface area contributed by atoms with Gasteiger partial charge in [0, 0.05) is 16.6 Å². The highest BCUT2D eigenvalue weighted by molar-refractivity contribution is 9.10. The Morgan fingerprint density at radius 3 is 2.90 bits per heavy atom. The summed E-state index contributed by atoms with van der Waals surface area (Å²) >= 11 is 9.62. The fourth-order valence-electron chi connectivity index (χ4n) is 2.08. The van der Waals surface area contributed by atoms with E-state index in [-0.39, 0.29) is 0 Å². The Bertz CT molecular complexity index is 601. The maximum absolute atomic E-state index is 10.7. The summed E-state index contributed by atoms with van der Waals surface area (Å²) in [5, 5.41) is 15.4. The zero-order chi connectivity index (χ0) is 14.7. The molecule has 0 spiro atoms. The van der Waals surface area contributed by atoms with Crippen LogP contribution in [-0.4, -0.2) is 22.0 Å². The summed E-state index contributed by atoms with van der Waals surface area (Å²) in [6.45, 7) is 2.76. The van der Waals surface area contributed by atoms with Crippen LogP contribution < -0.4 is 4.74 Å². The van der Waals surface area contributed by atoms with Gasteiger partial charge < -0.3 is 9.84 Å². The van der Waals surface area contributed by atoms with Crippen molar-refractivity contribution < 1.29 is 9.84 Å². The highest BCUT2D eigenvalue weighted by Gasteiger charge is 2.23. The normalized spacial score (nSPS) is 12.4. The minimum absolute atomic E-state index is 0.492. The quantitative estimate of drug-likeness (QED) is 0.883. The fraction of sp³-hybridized carbons (Fsp3) is 0.357. The van der Waals surface area contributed by atoms with Gasteiger partial charge in [-0.15, -0.1) is 0 Å². The van der Waals surface area contributed by atoms with E-state index in [1.165, 1.54) is 0 Å². The van der Waals surface area contributed by atoms with Gasteiger partial charge in [0.25, 0.3) is 0 Å². The topological polar surface area (TPSA) is 47.3 Å². The second kappa shape index (κ2) is 6.61. The largest absolute Gasteiger partial charge is 0.493 e. The molecule has 0 saturated heterocycles. The average Bonchev–Trinajstić information content (AvgIpc) is 2.84. The van der Waals surface area contributed by atoms with Crippen molar-refractivity contribution in [3.05, 3.63) is 45.1 Å². The van der Waals surface area contributed by atoms with Crippen molar-refractivity contribution in [1.82, 2.24) is 9.78 Å². The van der Waals surface area contributed by atoms with Gasteiger partial charge in [0.2, 0.25) is 0 Å². The Balaban J connectivity index is 2.49. The number of benzene rings is 1. The summed E-state index contributed by atoms with van der Waals surface area (Å²) in [6.07, 6.45) is 1.64. The zero-order valence-corrected chi connectivity index (χ0v) is 13.6. The molecule has 2 rings (SSSR count). The smallest absolute Gasteiger partial charge is 0.163 e. The van der Waals surface area contributed by atoms with E-state index in [4.69, 9.17) is 16.3 Å². The van der Waals surface area contributed by atoms with Crippen molar-refractivity contribution in [3.8, 4) is 5.75 Å². The van der Waals surface area contributed by atoms with Crippen molar-refractivity contribution in [2.24, 2.45) is 0 Å². The lowest BCUT2D eigenvalue weighted by Crippen LogP contribution is -2.11. The van der Waals surface area contributed by atoms with Crippen molar-refractivity contribution >= 4 is 27.5 Å². The molecule has 0 aliphatic carbocycles. The van der Waals surface area contributed by atoms with E-state index in [2.05, 4.69) is 28.0 Å². The van der Waals surface area contributed by atoms with E-state index in [0.717, 1.165) is 10.9 Å². The Hall–Kier alpha value is -1.04. The van der Waals surface area contributed by atoms with Crippen LogP contribution in [0.25, 0.3) is 0 Å². The third kappa shape index (κ3) is 2.85. The van der Waals surface area contributed by atoms with Crippen LogP contribution in [0.2, 0.25) is 5.02 Å². The molecule has 0 aliphatic rings. The number of halogens is 2. The summed E-state index contributed by atoms with van der Waals surface area (Å²) in [5.41, 5.74) is 1.24. The van der Waals surface area contributed by atoms with E-state index < -0.39 is 6.10 Å². The number of hydrogen-bond acceptors (Lipinski definition) is 3. The first-order valence-corrected chi connectivity index (χ1v) is 7.48. The molecule has 1 unspecified atom stereocenters. The molecule has 0 fully saturated rings. The summed E-state index contributed by atoms with van der Waals surface area (Å²) in [7, 11) is 1.56. The number of aryl methyl sites for hydroxylation is 1. The van der Waals surface area contributed by atoms with Crippen LogP contribution in [0.4, 0.5) is 0 Å². The Kier molecular flexibility index (Phi) is 5.07. The van der Waals surface area contributed by atoms with Crippen molar-refractivity contribution in [1.29, 1.82) is 0 Å². The third-order valence-corrected chi connectivity index (χ3v) is 4.35. The average molecular weight is 360 g/mol. The molecular weight excluding hydrogens is 344 g/mol. The molecule has 0 amide bonds. The molecule has 108 valence electrons. The number of aliphatic hydroxyl groups excluding tert-OH is 1. The Morgan fingerprint density at radius 1 is 1.50 bits per heavy atom. The molecule has 0 aliphatic heterocycles. The number of nitrogens with zero attached hydrogens (tertiary/aromatic N) is 2. The zero-order valence-electron chi connectivity index (χ0n) is 11.3. The van der Waals surface area contributed by atoms with Crippen LogP contribution in [-0.2, 0) is 6.54 Å². The first kappa shape index (κ1) is 15.4. The lowest BCUT2D eigenvalue weighted by molar-refractivity contribution is 0.202. The fourth-order valence-corrected chi connectivity index (χ4v) is 2.69. The molecular formula is C14H16BrClN2O2. The predicted molar refractivity (Wildman–Crippen MR) is 82.3 cm³/mol. The highest BCUT2D eigenvalue weighted by atomic mass is 79.9. The van der Waals surface area contributed by atoms with E-state index in [0.29, 0.717) is 28.6 Å². The molecule has 6 heteroatoms. The first-order chi connectivity index (χ1) is 9.60. The molecule has 2 aromatic rings. The highest BCUT2D eigenvalue weighted by Crippen LogP contribution is 2.36. The standard InChI is InChI=1S/C14H16BrClN2O2/c1-3-7-18-13(11(20-2)8-17-18)14(19)9-5-4-6-10(15)12(9)16/h4-6,8,14,19H,3,7H2,1-2H3. The molecule has 1 atom stereocenters. The van der Waals surface area contributed by atoms with Crippen LogP contribution in [0.3, 0.4) is 0 Å². The number of methoxy groups -OCH3 is 1. The second-order valence-corrected chi connectivity index (χ2v) is 5.60. The van der Waals surface area contributed by atoms with Crippen molar-refractivity contribution in [3.63, 3.8) is 0 Å². The van der Waals surface area contributed by atoms with Gasteiger partial charge in [-0.3, -0.25) is 4.68 Å². The lowest BCUT2D eigenvalue weighted by atomic mass is 10.1. The summed E-state index contributed by atoms with van der Waals surface area (Å²) in [5.74, 6) is 0.557. The van der Waals surface area contributed by atoms with Crippen LogP contribution in [0, 0.1) is 0 Å². The molecule has 1 aromatic carbocycles. The van der Waals surface area contributed by atoms with Gasteiger partial charge in [0.05, 0.1) is 18.3 Å². The first-order valence-electron chi connectivity index (χ1n) is 6.31. The van der Waals surface area contributed by atoms with Gasteiger partial charge in [-0.1, -0.05) is 30.7 Å². The number of aliphatic hydroxyl groups is 1. The van der Waals surface area contributed by atoms with E-state index in [9.17, 15) is 5.11 Å². The summed E-state index contributed by atoms with van der Waals surface area (Å²) in [6, 6.07) is 5.46. The van der Waals surface area contributed by atoms with Gasteiger partial charge >= 0.3 is 0 Å². The molecule has 1 heterocycles. The maximum Gasteiger partial charge on any atom is 0.163 e. The van der Waals surface area contributed by atoms with Crippen LogP contribution in [0.5, 0.6) is 5.75 Å². The van der Waals surface area contributed by atoms with Gasteiger partial charge in [-0.2, -0.15) is 5.10 Å². The number of ether oxygens (including phenoxy) is 1. The minimum Gasteiger partial charge on any atom is -0.493 e. The second-order valence-electron chi connectivity index (χ2n) is 4.37. The molecule has 20 heavy (non-hydrogen) atoms. The molecule has 0 bridgehead atoms. The van der Waals surface area contributed by atoms with Gasteiger partial charge in [-0.25, -0.2) is 0 Å². The van der Waals surface area contributed by atoms with E-state index in [1.54, 1.807) is 24.1 Å². The molecule has 0 saturated carbocycles. The SMILES string of the molecule is CCCn1ncc(OC)c1C(O)c1cccc(Br)c1Cl. The number of aromatic nitrogens is 2. The molecule has 1 N–H and O–H groups in total. The minimum atomic E-state index is -0.885.